The van der Waals surface area contributed by atoms with Crippen molar-refractivity contribution in [2.24, 2.45) is 0 Å². The van der Waals surface area contributed by atoms with Crippen molar-refractivity contribution in [3.8, 4) is 17.2 Å². The quantitative estimate of drug-likeness (QED) is 0.787. The van der Waals surface area contributed by atoms with Crippen LogP contribution in [0, 0.1) is 0 Å². The van der Waals surface area contributed by atoms with Gasteiger partial charge in [-0.05, 0) is 42.8 Å². The summed E-state index contributed by atoms with van der Waals surface area (Å²) in [6, 6.07) is 12.7. The second-order valence-electron chi connectivity index (χ2n) is 4.90. The van der Waals surface area contributed by atoms with Gasteiger partial charge >= 0.3 is 0 Å². The van der Waals surface area contributed by atoms with Crippen LogP contribution in [0.1, 0.15) is 12.5 Å². The van der Waals surface area contributed by atoms with Crippen molar-refractivity contribution in [2.45, 2.75) is 6.92 Å². The molecule has 126 valence electrons. The summed E-state index contributed by atoms with van der Waals surface area (Å²) in [5.41, 5.74) is 1.52. The Morgan fingerprint density at radius 2 is 1.88 bits per heavy atom. The number of carbonyl (C=O) groups is 1. The number of benzene rings is 2. The molecule has 0 spiro atoms. The summed E-state index contributed by atoms with van der Waals surface area (Å²) in [6.07, 6.45) is 3.18. The molecule has 0 radical (unpaired) electrons. The van der Waals surface area contributed by atoms with Gasteiger partial charge in [0, 0.05) is 17.8 Å². The van der Waals surface area contributed by atoms with Crippen LogP contribution in [0.3, 0.4) is 0 Å². The highest BCUT2D eigenvalue weighted by atomic mass is 16.5. The zero-order valence-electron chi connectivity index (χ0n) is 14.0. The maximum Gasteiger partial charge on any atom is 0.248 e. The Morgan fingerprint density at radius 3 is 2.58 bits per heavy atom. The first kappa shape index (κ1) is 17.4. The van der Waals surface area contributed by atoms with Gasteiger partial charge in [0.1, 0.15) is 5.75 Å². The molecular formula is C19H21NO4. The normalized spacial score (nSPS) is 10.5. The Hall–Kier alpha value is -2.95. The van der Waals surface area contributed by atoms with Gasteiger partial charge in [-0.25, -0.2) is 0 Å². The highest BCUT2D eigenvalue weighted by Gasteiger charge is 2.04. The van der Waals surface area contributed by atoms with Crippen molar-refractivity contribution in [3.63, 3.8) is 0 Å². The van der Waals surface area contributed by atoms with E-state index in [9.17, 15) is 4.79 Å². The van der Waals surface area contributed by atoms with Gasteiger partial charge in [0.15, 0.2) is 11.5 Å². The molecule has 5 heteroatoms. The van der Waals surface area contributed by atoms with Crippen LogP contribution in [-0.4, -0.2) is 26.7 Å². The minimum Gasteiger partial charge on any atom is -0.494 e. The third kappa shape index (κ3) is 4.78. The van der Waals surface area contributed by atoms with Gasteiger partial charge in [-0.15, -0.1) is 0 Å². The molecule has 0 saturated carbocycles. The molecule has 24 heavy (non-hydrogen) atoms. The second kappa shape index (κ2) is 8.62. The molecule has 0 aliphatic carbocycles. The van der Waals surface area contributed by atoms with E-state index < -0.39 is 0 Å². The van der Waals surface area contributed by atoms with Gasteiger partial charge < -0.3 is 19.5 Å². The molecule has 0 bridgehead atoms. The topological polar surface area (TPSA) is 56.8 Å². The molecule has 2 aromatic rings. The number of hydrogen-bond acceptors (Lipinski definition) is 4. The number of hydrogen-bond donors (Lipinski definition) is 1. The Morgan fingerprint density at radius 1 is 1.08 bits per heavy atom. The average molecular weight is 327 g/mol. The number of rotatable bonds is 7. The smallest absolute Gasteiger partial charge is 0.248 e. The Bertz CT molecular complexity index is 725. The number of amides is 1. The van der Waals surface area contributed by atoms with E-state index in [0.29, 0.717) is 23.8 Å². The highest BCUT2D eigenvalue weighted by Crippen LogP contribution is 2.28. The first-order valence-corrected chi connectivity index (χ1v) is 7.60. The van der Waals surface area contributed by atoms with E-state index in [0.717, 1.165) is 11.3 Å². The zero-order chi connectivity index (χ0) is 17.4. The van der Waals surface area contributed by atoms with Crippen molar-refractivity contribution in [2.75, 3.05) is 26.1 Å². The third-order valence-corrected chi connectivity index (χ3v) is 3.25. The first-order chi connectivity index (χ1) is 11.7. The monoisotopic (exact) mass is 327 g/mol. The lowest BCUT2D eigenvalue weighted by atomic mass is 10.2. The largest absolute Gasteiger partial charge is 0.494 e. The van der Waals surface area contributed by atoms with Crippen molar-refractivity contribution >= 4 is 17.7 Å². The number of anilines is 1. The van der Waals surface area contributed by atoms with Gasteiger partial charge in [0.2, 0.25) is 5.91 Å². The maximum absolute atomic E-state index is 12.0. The summed E-state index contributed by atoms with van der Waals surface area (Å²) in [4.78, 5) is 12.0. The molecular weight excluding hydrogens is 306 g/mol. The summed E-state index contributed by atoms with van der Waals surface area (Å²) in [5.74, 6) is 1.76. The van der Waals surface area contributed by atoms with E-state index in [-0.39, 0.29) is 5.91 Å². The lowest BCUT2D eigenvalue weighted by Gasteiger charge is -2.08. The van der Waals surface area contributed by atoms with Crippen molar-refractivity contribution < 1.29 is 19.0 Å². The highest BCUT2D eigenvalue weighted by molar-refractivity contribution is 6.02. The fourth-order valence-corrected chi connectivity index (χ4v) is 2.14. The van der Waals surface area contributed by atoms with E-state index in [1.165, 1.54) is 6.08 Å². The predicted octanol–water partition coefficient (Wildman–Crippen LogP) is 3.75. The lowest BCUT2D eigenvalue weighted by molar-refractivity contribution is -0.111. The molecule has 2 rings (SSSR count). The van der Waals surface area contributed by atoms with E-state index >= 15 is 0 Å². The molecule has 0 aliphatic rings. The minimum atomic E-state index is -0.224. The summed E-state index contributed by atoms with van der Waals surface area (Å²) in [6.45, 7) is 2.49. The molecule has 1 amide bonds. The Kier molecular flexibility index (Phi) is 6.25. The van der Waals surface area contributed by atoms with Crippen LogP contribution < -0.4 is 19.5 Å². The summed E-state index contributed by atoms with van der Waals surface area (Å²) >= 11 is 0. The molecule has 0 aliphatic heterocycles. The van der Waals surface area contributed by atoms with Crippen molar-refractivity contribution in [3.05, 3.63) is 54.1 Å². The first-order valence-electron chi connectivity index (χ1n) is 7.60. The van der Waals surface area contributed by atoms with Crippen LogP contribution in [-0.2, 0) is 4.79 Å². The standard InChI is InChI=1S/C19H21NO4/c1-4-24-16-7-5-6-15(13-16)20-19(21)11-9-14-8-10-17(22-2)18(12-14)23-3/h5-13H,4H2,1-3H3,(H,20,21)/b11-9+. The number of carbonyl (C=O) groups excluding carboxylic acids is 1. The minimum absolute atomic E-state index is 0.224. The van der Waals surface area contributed by atoms with E-state index in [1.54, 1.807) is 38.5 Å². The Labute approximate surface area is 141 Å². The summed E-state index contributed by atoms with van der Waals surface area (Å²) in [7, 11) is 3.15. The summed E-state index contributed by atoms with van der Waals surface area (Å²) < 4.78 is 15.8. The molecule has 0 aromatic heterocycles. The van der Waals surface area contributed by atoms with E-state index in [2.05, 4.69) is 5.32 Å². The molecule has 0 heterocycles. The van der Waals surface area contributed by atoms with E-state index in [1.807, 2.05) is 31.2 Å². The number of ether oxygens (including phenoxy) is 3. The predicted molar refractivity (Wildman–Crippen MR) is 94.8 cm³/mol. The molecule has 1 N–H and O–H groups in total. The van der Waals surface area contributed by atoms with Gasteiger partial charge in [-0.3, -0.25) is 4.79 Å². The SMILES string of the molecule is CCOc1cccc(NC(=O)/C=C/c2ccc(OC)c(OC)c2)c1. The van der Waals surface area contributed by atoms with Crippen LogP contribution in [0.4, 0.5) is 5.69 Å². The van der Waals surface area contributed by atoms with Crippen LogP contribution in [0.25, 0.3) is 6.08 Å². The van der Waals surface area contributed by atoms with Crippen LogP contribution >= 0.6 is 0 Å². The van der Waals surface area contributed by atoms with Crippen LogP contribution in [0.5, 0.6) is 17.2 Å². The van der Waals surface area contributed by atoms with Crippen LogP contribution in [0.2, 0.25) is 0 Å². The van der Waals surface area contributed by atoms with Crippen molar-refractivity contribution in [1.29, 1.82) is 0 Å². The molecule has 0 saturated heterocycles. The zero-order valence-corrected chi connectivity index (χ0v) is 14.0. The van der Waals surface area contributed by atoms with Crippen LogP contribution in [0.15, 0.2) is 48.5 Å². The van der Waals surface area contributed by atoms with Gasteiger partial charge in [-0.1, -0.05) is 12.1 Å². The number of methoxy groups -OCH3 is 2. The van der Waals surface area contributed by atoms with Crippen molar-refractivity contribution in [1.82, 2.24) is 0 Å². The lowest BCUT2D eigenvalue weighted by Crippen LogP contribution is -2.07. The molecule has 2 aromatic carbocycles. The fourth-order valence-electron chi connectivity index (χ4n) is 2.14. The second-order valence-corrected chi connectivity index (χ2v) is 4.90. The Balaban J connectivity index is 2.04. The maximum atomic E-state index is 12.0. The number of nitrogens with one attached hydrogen (secondary N) is 1. The van der Waals surface area contributed by atoms with Gasteiger partial charge in [0.25, 0.3) is 0 Å². The molecule has 0 fully saturated rings. The molecule has 0 atom stereocenters. The van der Waals surface area contributed by atoms with E-state index in [4.69, 9.17) is 14.2 Å². The average Bonchev–Trinajstić information content (AvgIpc) is 2.60. The third-order valence-electron chi connectivity index (χ3n) is 3.25. The molecule has 0 unspecified atom stereocenters. The van der Waals surface area contributed by atoms with Gasteiger partial charge in [-0.2, -0.15) is 0 Å². The summed E-state index contributed by atoms with van der Waals surface area (Å²) in [5, 5.41) is 2.80. The fraction of sp³-hybridized carbons (Fsp3) is 0.211. The molecule has 5 nitrogen and oxygen atoms in total. The van der Waals surface area contributed by atoms with Gasteiger partial charge in [0.05, 0.1) is 20.8 Å².